The van der Waals surface area contributed by atoms with Crippen LogP contribution >= 0.6 is 22.6 Å². The molecule has 3 nitrogen and oxygen atoms in total. The molecule has 1 aromatic rings. The molecular weight excluding hydrogens is 379 g/mol. The molecule has 116 valence electrons. The third-order valence-electron chi connectivity index (χ3n) is 4.24. The van der Waals surface area contributed by atoms with Crippen LogP contribution in [0, 0.1) is 8.99 Å². The molecule has 0 aromatic heterocycles. The SMILES string of the molecule is CC(=O)C(C)(C)CCCCCc1cc2c(cc1I)OCO2. The fourth-order valence-electron chi connectivity index (χ4n) is 2.39. The van der Waals surface area contributed by atoms with Gasteiger partial charge in [-0.15, -0.1) is 0 Å². The molecule has 1 aromatic carbocycles. The third-order valence-corrected chi connectivity index (χ3v) is 5.25. The van der Waals surface area contributed by atoms with E-state index in [0.717, 1.165) is 43.6 Å². The largest absolute Gasteiger partial charge is 0.454 e. The Morgan fingerprint density at radius 3 is 2.52 bits per heavy atom. The van der Waals surface area contributed by atoms with Gasteiger partial charge in [0.2, 0.25) is 6.79 Å². The fourth-order valence-corrected chi connectivity index (χ4v) is 3.09. The Morgan fingerprint density at radius 2 is 1.86 bits per heavy atom. The van der Waals surface area contributed by atoms with Crippen LogP contribution < -0.4 is 9.47 Å². The molecule has 1 aliphatic heterocycles. The van der Waals surface area contributed by atoms with Crippen molar-refractivity contribution < 1.29 is 14.3 Å². The number of ether oxygens (including phenoxy) is 2. The van der Waals surface area contributed by atoms with E-state index in [1.54, 1.807) is 6.92 Å². The van der Waals surface area contributed by atoms with Gasteiger partial charge >= 0.3 is 0 Å². The summed E-state index contributed by atoms with van der Waals surface area (Å²) < 4.78 is 12.0. The molecule has 0 aliphatic carbocycles. The Hall–Kier alpha value is -0.780. The zero-order chi connectivity index (χ0) is 15.5. The standard InChI is InChI=1S/C17H23IO3/c1-12(19)17(2,3)8-6-4-5-7-13-9-15-16(10-14(13)18)21-11-20-15/h9-10H,4-8,11H2,1-3H3. The Bertz CT molecular complexity index is 523. The number of benzene rings is 1. The minimum atomic E-state index is -0.173. The summed E-state index contributed by atoms with van der Waals surface area (Å²) in [5.41, 5.74) is 1.15. The molecule has 1 heterocycles. The molecule has 0 unspecified atom stereocenters. The van der Waals surface area contributed by atoms with E-state index in [1.807, 2.05) is 13.8 Å². The predicted molar refractivity (Wildman–Crippen MR) is 91.9 cm³/mol. The van der Waals surface area contributed by atoms with Crippen LogP contribution in [0.4, 0.5) is 0 Å². The van der Waals surface area contributed by atoms with E-state index in [4.69, 9.17) is 9.47 Å². The van der Waals surface area contributed by atoms with Gasteiger partial charge in [-0.3, -0.25) is 4.79 Å². The van der Waals surface area contributed by atoms with E-state index < -0.39 is 0 Å². The van der Waals surface area contributed by atoms with Gasteiger partial charge in [0.1, 0.15) is 5.78 Å². The maximum Gasteiger partial charge on any atom is 0.231 e. The average molecular weight is 402 g/mol. The number of hydrogen-bond donors (Lipinski definition) is 0. The average Bonchev–Trinajstić information content (AvgIpc) is 2.85. The third kappa shape index (κ3) is 4.34. The van der Waals surface area contributed by atoms with E-state index in [2.05, 4.69) is 34.7 Å². The van der Waals surface area contributed by atoms with Crippen LogP contribution in [0.15, 0.2) is 12.1 Å². The van der Waals surface area contributed by atoms with Gasteiger partial charge in [-0.2, -0.15) is 0 Å². The first-order valence-corrected chi connectivity index (χ1v) is 8.57. The molecule has 0 spiro atoms. The highest BCUT2D eigenvalue weighted by molar-refractivity contribution is 14.1. The number of aryl methyl sites for hydroxylation is 1. The second kappa shape index (κ2) is 6.99. The molecule has 0 N–H and O–H groups in total. The highest BCUT2D eigenvalue weighted by Crippen LogP contribution is 2.36. The molecule has 0 atom stereocenters. The number of halogens is 1. The van der Waals surface area contributed by atoms with Crippen molar-refractivity contribution in [2.24, 2.45) is 5.41 Å². The van der Waals surface area contributed by atoms with Gasteiger partial charge < -0.3 is 9.47 Å². The summed E-state index contributed by atoms with van der Waals surface area (Å²) in [6.07, 6.45) is 5.43. The van der Waals surface area contributed by atoms with E-state index in [-0.39, 0.29) is 11.2 Å². The van der Waals surface area contributed by atoms with Gasteiger partial charge in [-0.1, -0.05) is 26.7 Å². The van der Waals surface area contributed by atoms with Crippen LogP contribution in [-0.4, -0.2) is 12.6 Å². The maximum absolute atomic E-state index is 11.5. The summed E-state index contributed by atoms with van der Waals surface area (Å²) in [6, 6.07) is 4.15. The number of ketones is 1. The fraction of sp³-hybridized carbons (Fsp3) is 0.588. The smallest absolute Gasteiger partial charge is 0.231 e. The molecule has 0 saturated carbocycles. The first kappa shape index (κ1) is 16.6. The lowest BCUT2D eigenvalue weighted by Crippen LogP contribution is -2.20. The van der Waals surface area contributed by atoms with Crippen molar-refractivity contribution in [2.45, 2.75) is 52.9 Å². The summed E-state index contributed by atoms with van der Waals surface area (Å²) in [6.45, 7) is 6.09. The molecular formula is C17H23IO3. The highest BCUT2D eigenvalue weighted by Gasteiger charge is 2.22. The normalized spacial score (nSPS) is 13.5. The topological polar surface area (TPSA) is 35.5 Å². The lowest BCUT2D eigenvalue weighted by Gasteiger charge is -2.20. The molecule has 1 aliphatic rings. The first-order valence-electron chi connectivity index (χ1n) is 7.49. The van der Waals surface area contributed by atoms with Crippen molar-refractivity contribution in [1.29, 1.82) is 0 Å². The number of rotatable bonds is 7. The van der Waals surface area contributed by atoms with E-state index >= 15 is 0 Å². The number of fused-ring (bicyclic) bond motifs is 1. The lowest BCUT2D eigenvalue weighted by atomic mass is 9.83. The van der Waals surface area contributed by atoms with Gasteiger partial charge in [0, 0.05) is 8.99 Å². The van der Waals surface area contributed by atoms with Crippen molar-refractivity contribution in [1.82, 2.24) is 0 Å². The van der Waals surface area contributed by atoms with Gasteiger partial charge in [-0.05, 0) is 66.5 Å². The number of unbranched alkanes of at least 4 members (excludes halogenated alkanes) is 2. The number of Topliss-reactive ketones (excluding diaryl/α,β-unsaturated/α-hetero) is 1. The number of carbonyl (C=O) groups excluding carboxylic acids is 1. The zero-order valence-corrected chi connectivity index (χ0v) is 15.2. The molecule has 21 heavy (non-hydrogen) atoms. The highest BCUT2D eigenvalue weighted by atomic mass is 127. The molecule has 4 heteroatoms. The van der Waals surface area contributed by atoms with Gasteiger partial charge in [0.15, 0.2) is 11.5 Å². The Morgan fingerprint density at radius 1 is 1.19 bits per heavy atom. The Kier molecular flexibility index (Phi) is 5.52. The second-order valence-electron chi connectivity index (χ2n) is 6.30. The number of carbonyl (C=O) groups is 1. The van der Waals surface area contributed by atoms with Gasteiger partial charge in [0.05, 0.1) is 0 Å². The first-order chi connectivity index (χ1) is 9.90. The van der Waals surface area contributed by atoms with Crippen molar-refractivity contribution in [2.75, 3.05) is 6.79 Å². The van der Waals surface area contributed by atoms with Crippen LogP contribution in [0.2, 0.25) is 0 Å². The second-order valence-corrected chi connectivity index (χ2v) is 7.46. The van der Waals surface area contributed by atoms with Gasteiger partial charge in [0.25, 0.3) is 0 Å². The van der Waals surface area contributed by atoms with Crippen molar-refractivity contribution in [3.8, 4) is 11.5 Å². The zero-order valence-electron chi connectivity index (χ0n) is 13.0. The van der Waals surface area contributed by atoms with E-state index in [9.17, 15) is 4.79 Å². The Balaban J connectivity index is 1.78. The molecule has 0 amide bonds. The van der Waals surface area contributed by atoms with Crippen LogP contribution in [0.1, 0.15) is 52.0 Å². The maximum atomic E-state index is 11.5. The summed E-state index contributed by atoms with van der Waals surface area (Å²) in [7, 11) is 0. The molecule has 0 radical (unpaired) electrons. The van der Waals surface area contributed by atoms with Crippen LogP contribution in [0.5, 0.6) is 11.5 Å². The minimum absolute atomic E-state index is 0.173. The van der Waals surface area contributed by atoms with Crippen molar-refractivity contribution in [3.63, 3.8) is 0 Å². The quantitative estimate of drug-likeness (QED) is 0.488. The summed E-state index contributed by atoms with van der Waals surface area (Å²) in [5, 5.41) is 0. The lowest BCUT2D eigenvalue weighted by molar-refractivity contribution is -0.125. The summed E-state index contributed by atoms with van der Waals surface area (Å²) in [4.78, 5) is 11.5. The van der Waals surface area contributed by atoms with Gasteiger partial charge in [-0.25, -0.2) is 0 Å². The summed E-state index contributed by atoms with van der Waals surface area (Å²) in [5.74, 6) is 2.00. The van der Waals surface area contributed by atoms with Crippen molar-refractivity contribution >= 4 is 28.4 Å². The number of hydrogen-bond acceptors (Lipinski definition) is 3. The van der Waals surface area contributed by atoms with Crippen LogP contribution in [-0.2, 0) is 11.2 Å². The Labute approximate surface area is 140 Å². The van der Waals surface area contributed by atoms with E-state index in [0.29, 0.717) is 6.79 Å². The minimum Gasteiger partial charge on any atom is -0.454 e. The van der Waals surface area contributed by atoms with E-state index in [1.165, 1.54) is 9.13 Å². The predicted octanol–water partition coefficient (Wildman–Crippen LogP) is 4.74. The van der Waals surface area contributed by atoms with Crippen LogP contribution in [0.3, 0.4) is 0 Å². The van der Waals surface area contributed by atoms with Crippen molar-refractivity contribution in [3.05, 3.63) is 21.3 Å². The molecule has 0 bridgehead atoms. The monoisotopic (exact) mass is 402 g/mol. The molecule has 0 fully saturated rings. The molecule has 2 rings (SSSR count). The van der Waals surface area contributed by atoms with Crippen LogP contribution in [0.25, 0.3) is 0 Å². The molecule has 0 saturated heterocycles. The summed E-state index contributed by atoms with van der Waals surface area (Å²) >= 11 is 2.36.